The van der Waals surface area contributed by atoms with Gasteiger partial charge in [-0.25, -0.2) is 0 Å². The van der Waals surface area contributed by atoms with Crippen LogP contribution in [-0.2, 0) is 4.79 Å². The molecule has 0 spiro atoms. The number of halogens is 1. The predicted octanol–water partition coefficient (Wildman–Crippen LogP) is 6.08. The lowest BCUT2D eigenvalue weighted by atomic mass is 9.88. The van der Waals surface area contributed by atoms with E-state index in [0.29, 0.717) is 22.2 Å². The van der Waals surface area contributed by atoms with E-state index in [1.165, 1.54) is 6.42 Å². The lowest BCUT2D eigenvalue weighted by Gasteiger charge is -2.20. The van der Waals surface area contributed by atoms with Crippen LogP contribution in [-0.4, -0.2) is 21.9 Å². The first-order chi connectivity index (χ1) is 14.5. The Morgan fingerprint density at radius 1 is 1.07 bits per heavy atom. The Labute approximate surface area is 181 Å². The van der Waals surface area contributed by atoms with Gasteiger partial charge in [0.05, 0.1) is 5.52 Å². The van der Waals surface area contributed by atoms with Gasteiger partial charge in [-0.2, -0.15) is 0 Å². The molecule has 8 heteroatoms. The molecule has 0 unspecified atom stereocenters. The lowest BCUT2D eigenvalue weighted by molar-refractivity contribution is -0.120. The van der Waals surface area contributed by atoms with Crippen molar-refractivity contribution in [2.24, 2.45) is 16.1 Å². The molecule has 0 aliphatic heterocycles. The number of fused-ring (bicyclic) bond motifs is 1. The van der Waals surface area contributed by atoms with Crippen molar-refractivity contribution < 1.29 is 14.7 Å². The summed E-state index contributed by atoms with van der Waals surface area (Å²) in [7, 11) is 0. The Morgan fingerprint density at radius 3 is 2.53 bits per heavy atom. The number of nitrogens with one attached hydrogen (secondary N) is 2. The third-order valence-electron chi connectivity index (χ3n) is 5.33. The quantitative estimate of drug-likeness (QED) is 0.403. The number of carbonyl (C=O) groups is 2. The van der Waals surface area contributed by atoms with Crippen LogP contribution in [0.1, 0.15) is 42.5 Å². The molecular formula is C22H21BrN4O3. The van der Waals surface area contributed by atoms with Crippen molar-refractivity contribution in [1.29, 1.82) is 0 Å². The van der Waals surface area contributed by atoms with E-state index in [1.54, 1.807) is 36.4 Å². The Kier molecular flexibility index (Phi) is 5.94. The molecule has 154 valence electrons. The number of benzene rings is 2. The average Bonchev–Trinajstić information content (AvgIpc) is 3.07. The number of anilines is 1. The van der Waals surface area contributed by atoms with Crippen LogP contribution >= 0.6 is 15.9 Å². The molecule has 1 aliphatic carbocycles. The number of aromatic nitrogens is 1. The first-order valence-electron chi connectivity index (χ1n) is 9.88. The van der Waals surface area contributed by atoms with E-state index in [4.69, 9.17) is 0 Å². The maximum atomic E-state index is 12.4. The van der Waals surface area contributed by atoms with Crippen molar-refractivity contribution in [3.63, 3.8) is 0 Å². The van der Waals surface area contributed by atoms with Gasteiger partial charge in [-0.05, 0) is 55.3 Å². The third kappa shape index (κ3) is 4.43. The highest BCUT2D eigenvalue weighted by Gasteiger charge is 2.21. The molecule has 2 amide bonds. The summed E-state index contributed by atoms with van der Waals surface area (Å²) in [5.74, 6) is -0.587. The maximum Gasteiger partial charge on any atom is 0.295 e. The van der Waals surface area contributed by atoms with Crippen LogP contribution in [0.3, 0.4) is 0 Å². The molecular weight excluding hydrogens is 448 g/mol. The van der Waals surface area contributed by atoms with Gasteiger partial charge in [-0.15, -0.1) is 10.2 Å². The minimum absolute atomic E-state index is 0.0365. The summed E-state index contributed by atoms with van der Waals surface area (Å²) in [5, 5.41) is 21.3. The SMILES string of the molecule is O=C(N=Nc1c(O)[nH]c2ccc(Br)cc12)c1ccc(NC(=O)C2CCCCC2)cc1. The molecule has 0 radical (unpaired) electrons. The van der Waals surface area contributed by atoms with Crippen molar-refractivity contribution >= 4 is 50.0 Å². The van der Waals surface area contributed by atoms with Crippen molar-refractivity contribution in [3.8, 4) is 5.88 Å². The molecule has 1 aliphatic rings. The van der Waals surface area contributed by atoms with Gasteiger partial charge in [0.1, 0.15) is 0 Å². The molecule has 1 heterocycles. The molecule has 0 atom stereocenters. The summed E-state index contributed by atoms with van der Waals surface area (Å²) in [5.41, 5.74) is 1.89. The topological polar surface area (TPSA) is 107 Å². The molecule has 1 aromatic heterocycles. The predicted molar refractivity (Wildman–Crippen MR) is 118 cm³/mol. The van der Waals surface area contributed by atoms with E-state index in [-0.39, 0.29) is 23.4 Å². The van der Waals surface area contributed by atoms with Crippen LogP contribution in [0.15, 0.2) is 57.2 Å². The number of hydrogen-bond donors (Lipinski definition) is 3. The molecule has 0 saturated heterocycles. The Hall–Kier alpha value is -3.00. The zero-order valence-corrected chi connectivity index (χ0v) is 17.8. The van der Waals surface area contributed by atoms with Crippen LogP contribution in [0.2, 0.25) is 0 Å². The van der Waals surface area contributed by atoms with Crippen LogP contribution in [0.25, 0.3) is 10.9 Å². The number of H-pyrrole nitrogens is 1. The molecule has 1 fully saturated rings. The van der Waals surface area contributed by atoms with Crippen molar-refractivity contribution in [1.82, 2.24) is 4.98 Å². The fraction of sp³-hybridized carbons (Fsp3) is 0.273. The van der Waals surface area contributed by atoms with Gasteiger partial charge < -0.3 is 15.4 Å². The molecule has 3 aromatic rings. The largest absolute Gasteiger partial charge is 0.493 e. The van der Waals surface area contributed by atoms with Crippen LogP contribution < -0.4 is 5.32 Å². The van der Waals surface area contributed by atoms with E-state index in [9.17, 15) is 14.7 Å². The molecule has 1 saturated carbocycles. The Bertz CT molecular complexity index is 1120. The van der Waals surface area contributed by atoms with Gasteiger partial charge in [-0.3, -0.25) is 9.59 Å². The number of hydrogen-bond acceptors (Lipinski definition) is 4. The Balaban J connectivity index is 1.44. The average molecular weight is 469 g/mol. The van der Waals surface area contributed by atoms with Gasteiger partial charge in [-0.1, -0.05) is 35.2 Å². The minimum atomic E-state index is -0.538. The molecule has 0 bridgehead atoms. The number of carbonyl (C=O) groups excluding carboxylic acids is 2. The molecule has 4 rings (SSSR count). The van der Waals surface area contributed by atoms with E-state index in [0.717, 1.165) is 30.2 Å². The van der Waals surface area contributed by atoms with Gasteiger partial charge in [0.25, 0.3) is 5.91 Å². The standard InChI is InChI=1S/C22H21BrN4O3/c23-15-8-11-18-17(12-15)19(22(30)25-18)26-27-21(29)14-6-9-16(10-7-14)24-20(28)13-4-2-1-3-5-13/h6-13,25,30H,1-5H2,(H,24,28). The second-order valence-electron chi connectivity index (χ2n) is 7.42. The second-order valence-corrected chi connectivity index (χ2v) is 8.33. The smallest absolute Gasteiger partial charge is 0.295 e. The molecule has 7 nitrogen and oxygen atoms in total. The van der Waals surface area contributed by atoms with Crippen molar-refractivity contribution in [3.05, 3.63) is 52.5 Å². The van der Waals surface area contributed by atoms with Gasteiger partial charge >= 0.3 is 0 Å². The molecule has 30 heavy (non-hydrogen) atoms. The number of amides is 2. The van der Waals surface area contributed by atoms with Gasteiger partial charge in [0, 0.05) is 27.0 Å². The van der Waals surface area contributed by atoms with E-state index >= 15 is 0 Å². The monoisotopic (exact) mass is 468 g/mol. The summed E-state index contributed by atoms with van der Waals surface area (Å²) in [4.78, 5) is 27.5. The van der Waals surface area contributed by atoms with E-state index in [2.05, 4.69) is 36.5 Å². The number of aromatic amines is 1. The zero-order chi connectivity index (χ0) is 21.1. The summed E-state index contributed by atoms with van der Waals surface area (Å²) in [6.45, 7) is 0. The van der Waals surface area contributed by atoms with E-state index in [1.807, 2.05) is 6.07 Å². The first-order valence-corrected chi connectivity index (χ1v) is 10.7. The molecule has 3 N–H and O–H groups in total. The molecule has 2 aromatic carbocycles. The second kappa shape index (κ2) is 8.79. The summed E-state index contributed by atoms with van der Waals surface area (Å²) < 4.78 is 0.822. The van der Waals surface area contributed by atoms with Crippen LogP contribution in [0, 0.1) is 5.92 Å². The van der Waals surface area contributed by atoms with Gasteiger partial charge in [0.2, 0.25) is 11.8 Å². The highest BCUT2D eigenvalue weighted by molar-refractivity contribution is 9.10. The summed E-state index contributed by atoms with van der Waals surface area (Å²) in [6.07, 6.45) is 5.25. The maximum absolute atomic E-state index is 12.4. The van der Waals surface area contributed by atoms with Crippen LogP contribution in [0.5, 0.6) is 5.88 Å². The highest BCUT2D eigenvalue weighted by Crippen LogP contribution is 2.37. The lowest BCUT2D eigenvalue weighted by Crippen LogP contribution is -2.24. The fourth-order valence-electron chi connectivity index (χ4n) is 3.70. The minimum Gasteiger partial charge on any atom is -0.493 e. The summed E-state index contributed by atoms with van der Waals surface area (Å²) >= 11 is 3.38. The normalized spacial score (nSPS) is 15.0. The zero-order valence-electron chi connectivity index (χ0n) is 16.2. The Morgan fingerprint density at radius 2 is 1.80 bits per heavy atom. The van der Waals surface area contributed by atoms with Crippen molar-refractivity contribution in [2.75, 3.05) is 5.32 Å². The summed E-state index contributed by atoms with van der Waals surface area (Å²) in [6, 6.07) is 12.0. The van der Waals surface area contributed by atoms with E-state index < -0.39 is 5.91 Å². The number of rotatable bonds is 4. The first kappa shape index (κ1) is 20.3. The number of aromatic hydroxyl groups is 1. The number of azo groups is 1. The highest BCUT2D eigenvalue weighted by atomic mass is 79.9. The fourth-order valence-corrected chi connectivity index (χ4v) is 4.06. The van der Waals surface area contributed by atoms with Gasteiger partial charge in [0.15, 0.2) is 5.69 Å². The third-order valence-corrected chi connectivity index (χ3v) is 5.82. The van der Waals surface area contributed by atoms with Crippen LogP contribution in [0.4, 0.5) is 11.4 Å². The van der Waals surface area contributed by atoms with Crippen molar-refractivity contribution in [2.45, 2.75) is 32.1 Å². The number of nitrogens with zero attached hydrogens (tertiary/aromatic N) is 2.